The lowest BCUT2D eigenvalue weighted by Crippen LogP contribution is -2.35. The van der Waals surface area contributed by atoms with Crippen LogP contribution >= 0.6 is 27.7 Å². The summed E-state index contributed by atoms with van der Waals surface area (Å²) < 4.78 is 28.1. The molecule has 0 aliphatic carbocycles. The molecule has 0 saturated carbocycles. The van der Waals surface area contributed by atoms with Gasteiger partial charge in [-0.1, -0.05) is 18.2 Å². The van der Waals surface area contributed by atoms with Crippen LogP contribution in [0.1, 0.15) is 5.56 Å². The van der Waals surface area contributed by atoms with Crippen molar-refractivity contribution in [1.82, 2.24) is 0 Å². The maximum absolute atomic E-state index is 13.0. The fourth-order valence-corrected chi connectivity index (χ4v) is 6.14. The molecule has 0 fully saturated rings. The van der Waals surface area contributed by atoms with Crippen LogP contribution in [0, 0.1) is 6.92 Å². The van der Waals surface area contributed by atoms with E-state index in [2.05, 4.69) is 15.9 Å². The number of para-hydroxylation sites is 1. The molecule has 0 radical (unpaired) electrons. The average molecular weight is 384 g/mol. The van der Waals surface area contributed by atoms with Gasteiger partial charge in [0.1, 0.15) is 4.90 Å². The summed E-state index contributed by atoms with van der Waals surface area (Å²) in [7, 11) is -3.55. The Labute approximate surface area is 137 Å². The average Bonchev–Trinajstić information content (AvgIpc) is 2.46. The normalized spacial score (nSPS) is 14.9. The number of hydrogen-bond acceptors (Lipinski definition) is 3. The van der Waals surface area contributed by atoms with Gasteiger partial charge in [-0.15, -0.1) is 11.8 Å². The number of thioether (sulfide) groups is 1. The van der Waals surface area contributed by atoms with Crippen LogP contribution in [0.4, 0.5) is 5.69 Å². The number of fused-ring (bicyclic) bond motifs is 1. The maximum atomic E-state index is 13.0. The molecule has 0 atom stereocenters. The number of anilines is 1. The molecule has 3 rings (SSSR count). The molecule has 0 N–H and O–H groups in total. The number of rotatable bonds is 2. The monoisotopic (exact) mass is 383 g/mol. The lowest BCUT2D eigenvalue weighted by molar-refractivity contribution is 0.591. The molecule has 1 heterocycles. The zero-order chi connectivity index (χ0) is 15.0. The summed E-state index contributed by atoms with van der Waals surface area (Å²) in [6, 6.07) is 13.0. The minimum Gasteiger partial charge on any atom is -0.264 e. The molecule has 21 heavy (non-hydrogen) atoms. The van der Waals surface area contributed by atoms with Gasteiger partial charge in [0, 0.05) is 21.7 Å². The largest absolute Gasteiger partial charge is 0.265 e. The van der Waals surface area contributed by atoms with Crippen LogP contribution < -0.4 is 4.31 Å². The van der Waals surface area contributed by atoms with E-state index >= 15 is 0 Å². The highest BCUT2D eigenvalue weighted by Crippen LogP contribution is 2.38. The number of sulfonamides is 1. The van der Waals surface area contributed by atoms with Crippen LogP contribution in [-0.2, 0) is 10.0 Å². The highest BCUT2D eigenvalue weighted by molar-refractivity contribution is 9.10. The molecule has 0 bridgehead atoms. The first-order valence-corrected chi connectivity index (χ1v) is 9.73. The van der Waals surface area contributed by atoms with Gasteiger partial charge >= 0.3 is 0 Å². The molecule has 0 amide bonds. The molecule has 1 aliphatic heterocycles. The molecule has 2 aromatic rings. The Bertz CT molecular complexity index is 790. The Morgan fingerprint density at radius 3 is 2.71 bits per heavy atom. The predicted octanol–water partition coefficient (Wildman–Crippen LogP) is 4.06. The summed E-state index contributed by atoms with van der Waals surface area (Å²) >= 11 is 5.07. The number of nitrogens with zero attached hydrogens (tertiary/aromatic N) is 1. The molecule has 110 valence electrons. The SMILES string of the molecule is Cc1ccc(S(=O)(=O)N2CCSc3ccccc32)c(Br)c1. The van der Waals surface area contributed by atoms with Crippen molar-refractivity contribution >= 4 is 43.4 Å². The molecule has 0 unspecified atom stereocenters. The summed E-state index contributed by atoms with van der Waals surface area (Å²) in [5.41, 5.74) is 1.79. The van der Waals surface area contributed by atoms with Gasteiger partial charge in [0.15, 0.2) is 0 Å². The first-order chi connectivity index (χ1) is 10.00. The van der Waals surface area contributed by atoms with Crippen molar-refractivity contribution < 1.29 is 8.42 Å². The Hall–Kier alpha value is -0.980. The summed E-state index contributed by atoms with van der Waals surface area (Å²) in [5, 5.41) is 0. The molecule has 6 heteroatoms. The smallest absolute Gasteiger partial charge is 0.264 e. The van der Waals surface area contributed by atoms with Crippen molar-refractivity contribution in [3.63, 3.8) is 0 Å². The van der Waals surface area contributed by atoms with E-state index in [0.717, 1.165) is 21.9 Å². The van der Waals surface area contributed by atoms with Crippen LogP contribution in [0.5, 0.6) is 0 Å². The summed E-state index contributed by atoms with van der Waals surface area (Å²) in [6.07, 6.45) is 0. The number of hydrogen-bond donors (Lipinski definition) is 0. The minimum atomic E-state index is -3.55. The molecule has 0 saturated heterocycles. The second-order valence-electron chi connectivity index (χ2n) is 4.83. The fraction of sp³-hybridized carbons (Fsp3) is 0.200. The molecule has 2 aromatic carbocycles. The van der Waals surface area contributed by atoms with Crippen molar-refractivity contribution in [3.8, 4) is 0 Å². The Morgan fingerprint density at radius 1 is 1.19 bits per heavy atom. The molecule has 3 nitrogen and oxygen atoms in total. The lowest BCUT2D eigenvalue weighted by Gasteiger charge is -2.30. The third-order valence-electron chi connectivity index (χ3n) is 3.34. The van der Waals surface area contributed by atoms with Crippen LogP contribution in [0.25, 0.3) is 0 Å². The molecular weight excluding hydrogens is 370 g/mol. The lowest BCUT2D eigenvalue weighted by atomic mass is 10.2. The summed E-state index contributed by atoms with van der Waals surface area (Å²) in [6.45, 7) is 2.43. The van der Waals surface area contributed by atoms with Gasteiger partial charge in [-0.3, -0.25) is 4.31 Å². The Balaban J connectivity index is 2.12. The van der Waals surface area contributed by atoms with Gasteiger partial charge in [0.25, 0.3) is 10.0 Å². The van der Waals surface area contributed by atoms with E-state index in [1.165, 1.54) is 4.31 Å². The van der Waals surface area contributed by atoms with Gasteiger partial charge in [0.05, 0.1) is 5.69 Å². The second-order valence-corrected chi connectivity index (χ2v) is 8.65. The van der Waals surface area contributed by atoms with E-state index in [0.29, 0.717) is 15.9 Å². The van der Waals surface area contributed by atoms with Gasteiger partial charge < -0.3 is 0 Å². The predicted molar refractivity (Wildman–Crippen MR) is 90.6 cm³/mol. The third kappa shape index (κ3) is 2.72. The zero-order valence-electron chi connectivity index (χ0n) is 11.4. The first kappa shape index (κ1) is 14.9. The van der Waals surface area contributed by atoms with Crippen molar-refractivity contribution in [2.45, 2.75) is 16.7 Å². The highest BCUT2D eigenvalue weighted by atomic mass is 79.9. The summed E-state index contributed by atoms with van der Waals surface area (Å²) in [4.78, 5) is 1.32. The number of benzene rings is 2. The van der Waals surface area contributed by atoms with E-state index in [1.54, 1.807) is 17.8 Å². The number of aryl methyl sites for hydroxylation is 1. The van der Waals surface area contributed by atoms with Crippen molar-refractivity contribution in [2.75, 3.05) is 16.6 Å². The fourth-order valence-electron chi connectivity index (χ4n) is 2.33. The Kier molecular flexibility index (Phi) is 4.03. The Morgan fingerprint density at radius 2 is 1.95 bits per heavy atom. The van der Waals surface area contributed by atoms with Gasteiger partial charge in [0.2, 0.25) is 0 Å². The minimum absolute atomic E-state index is 0.315. The first-order valence-electron chi connectivity index (χ1n) is 6.51. The van der Waals surface area contributed by atoms with E-state index in [1.807, 2.05) is 43.3 Å². The van der Waals surface area contributed by atoms with Crippen LogP contribution in [0.15, 0.2) is 56.7 Å². The topological polar surface area (TPSA) is 37.4 Å². The molecule has 0 aromatic heterocycles. The number of halogens is 1. The standard InChI is InChI=1S/C15H14BrNO2S2/c1-11-6-7-15(12(16)10-11)21(18,19)17-8-9-20-14-5-3-2-4-13(14)17/h2-7,10H,8-9H2,1H3. The van der Waals surface area contributed by atoms with Crippen LogP contribution in [-0.4, -0.2) is 20.7 Å². The van der Waals surface area contributed by atoms with Gasteiger partial charge in [-0.25, -0.2) is 8.42 Å². The molecule has 1 aliphatic rings. The molecular formula is C15H14BrNO2S2. The van der Waals surface area contributed by atoms with Crippen LogP contribution in [0.2, 0.25) is 0 Å². The summed E-state index contributed by atoms with van der Waals surface area (Å²) in [5.74, 6) is 0.764. The van der Waals surface area contributed by atoms with E-state index in [-0.39, 0.29) is 0 Å². The van der Waals surface area contributed by atoms with Gasteiger partial charge in [-0.05, 0) is 52.7 Å². The van der Waals surface area contributed by atoms with Crippen molar-refractivity contribution in [1.29, 1.82) is 0 Å². The molecule has 0 spiro atoms. The van der Waals surface area contributed by atoms with E-state index in [9.17, 15) is 8.42 Å². The third-order valence-corrected chi connectivity index (χ3v) is 7.17. The highest BCUT2D eigenvalue weighted by Gasteiger charge is 2.30. The quantitative estimate of drug-likeness (QED) is 0.784. The van der Waals surface area contributed by atoms with Crippen molar-refractivity contribution in [2.24, 2.45) is 0 Å². The second kappa shape index (κ2) is 5.66. The van der Waals surface area contributed by atoms with E-state index in [4.69, 9.17) is 0 Å². The maximum Gasteiger partial charge on any atom is 0.265 e. The van der Waals surface area contributed by atoms with Gasteiger partial charge in [-0.2, -0.15) is 0 Å². The van der Waals surface area contributed by atoms with E-state index < -0.39 is 10.0 Å². The van der Waals surface area contributed by atoms with Crippen molar-refractivity contribution in [3.05, 3.63) is 52.5 Å². The zero-order valence-corrected chi connectivity index (χ0v) is 14.6. The van der Waals surface area contributed by atoms with Crippen LogP contribution in [0.3, 0.4) is 0 Å².